The Bertz CT molecular complexity index is 492. The van der Waals surface area contributed by atoms with Crippen molar-refractivity contribution in [2.24, 2.45) is 0 Å². The molecular weight excluding hydrogens is 272 g/mol. The summed E-state index contributed by atoms with van der Waals surface area (Å²) >= 11 is 0. The molecule has 0 bridgehead atoms. The highest BCUT2D eigenvalue weighted by molar-refractivity contribution is 5.89. The monoisotopic (exact) mass is 294 g/mol. The van der Waals surface area contributed by atoms with Crippen LogP contribution in [0.15, 0.2) is 16.7 Å². The minimum Gasteiger partial charge on any atom is -0.467 e. The van der Waals surface area contributed by atoms with Crippen LogP contribution in [0.25, 0.3) is 0 Å². The fourth-order valence-electron chi connectivity index (χ4n) is 2.43. The SMILES string of the molecule is COC(=O)c1coc(CNC(C)C(=O)N2CCCCC2)c1. The number of furan rings is 1. The summed E-state index contributed by atoms with van der Waals surface area (Å²) in [5, 5.41) is 3.13. The van der Waals surface area contributed by atoms with Crippen LogP contribution < -0.4 is 5.32 Å². The molecule has 1 aliphatic heterocycles. The molecule has 1 atom stereocenters. The van der Waals surface area contributed by atoms with Crippen LogP contribution in [0.2, 0.25) is 0 Å². The van der Waals surface area contributed by atoms with Crippen LogP contribution in [0.4, 0.5) is 0 Å². The second-order valence-corrected chi connectivity index (χ2v) is 5.28. The van der Waals surface area contributed by atoms with E-state index in [-0.39, 0.29) is 11.9 Å². The summed E-state index contributed by atoms with van der Waals surface area (Å²) in [7, 11) is 1.33. The number of piperidine rings is 1. The fourth-order valence-corrected chi connectivity index (χ4v) is 2.43. The number of methoxy groups -OCH3 is 1. The molecule has 1 aromatic heterocycles. The highest BCUT2D eigenvalue weighted by atomic mass is 16.5. The van der Waals surface area contributed by atoms with Crippen LogP contribution in [0.1, 0.15) is 42.3 Å². The topological polar surface area (TPSA) is 71.8 Å². The van der Waals surface area contributed by atoms with Crippen molar-refractivity contribution in [3.8, 4) is 0 Å². The Balaban J connectivity index is 1.82. The first-order valence-corrected chi connectivity index (χ1v) is 7.29. The van der Waals surface area contributed by atoms with E-state index in [0.29, 0.717) is 17.9 Å². The molecule has 1 N–H and O–H groups in total. The number of hydrogen-bond donors (Lipinski definition) is 1. The first kappa shape index (κ1) is 15.6. The van der Waals surface area contributed by atoms with Crippen molar-refractivity contribution in [2.75, 3.05) is 20.2 Å². The van der Waals surface area contributed by atoms with Gasteiger partial charge in [0.25, 0.3) is 0 Å². The minimum atomic E-state index is -0.428. The van der Waals surface area contributed by atoms with Gasteiger partial charge in [0.05, 0.1) is 25.3 Å². The number of esters is 1. The molecule has 1 fully saturated rings. The molecule has 1 aliphatic rings. The largest absolute Gasteiger partial charge is 0.467 e. The van der Waals surface area contributed by atoms with Gasteiger partial charge >= 0.3 is 5.97 Å². The second-order valence-electron chi connectivity index (χ2n) is 5.28. The van der Waals surface area contributed by atoms with Gasteiger partial charge in [0.15, 0.2) is 0 Å². The van der Waals surface area contributed by atoms with Gasteiger partial charge in [-0.05, 0) is 32.3 Å². The van der Waals surface area contributed by atoms with Crippen molar-refractivity contribution in [3.63, 3.8) is 0 Å². The van der Waals surface area contributed by atoms with Gasteiger partial charge in [-0.3, -0.25) is 10.1 Å². The van der Waals surface area contributed by atoms with Gasteiger partial charge in [-0.1, -0.05) is 0 Å². The molecule has 0 radical (unpaired) electrons. The predicted molar refractivity (Wildman–Crippen MR) is 76.8 cm³/mol. The van der Waals surface area contributed by atoms with E-state index in [9.17, 15) is 9.59 Å². The number of nitrogens with one attached hydrogen (secondary N) is 1. The normalized spacial score (nSPS) is 16.6. The van der Waals surface area contributed by atoms with E-state index >= 15 is 0 Å². The number of ether oxygens (including phenoxy) is 1. The number of likely N-dealkylation sites (tertiary alicyclic amines) is 1. The van der Waals surface area contributed by atoms with Crippen LogP contribution in [0.3, 0.4) is 0 Å². The average molecular weight is 294 g/mol. The lowest BCUT2D eigenvalue weighted by Gasteiger charge is -2.29. The van der Waals surface area contributed by atoms with Gasteiger partial charge in [-0.2, -0.15) is 0 Å². The maximum Gasteiger partial charge on any atom is 0.341 e. The first-order chi connectivity index (χ1) is 10.1. The van der Waals surface area contributed by atoms with E-state index in [2.05, 4.69) is 10.1 Å². The lowest BCUT2D eigenvalue weighted by molar-refractivity contribution is -0.134. The molecule has 2 rings (SSSR count). The molecule has 6 nitrogen and oxygen atoms in total. The summed E-state index contributed by atoms with van der Waals surface area (Å²) in [6.45, 7) is 3.94. The van der Waals surface area contributed by atoms with Gasteiger partial charge in [0.1, 0.15) is 12.0 Å². The van der Waals surface area contributed by atoms with E-state index in [0.717, 1.165) is 25.9 Å². The van der Waals surface area contributed by atoms with Gasteiger partial charge in [0, 0.05) is 13.1 Å². The van der Waals surface area contributed by atoms with Gasteiger partial charge in [-0.15, -0.1) is 0 Å². The molecule has 0 saturated carbocycles. The van der Waals surface area contributed by atoms with Crippen molar-refractivity contribution in [1.29, 1.82) is 0 Å². The summed E-state index contributed by atoms with van der Waals surface area (Å²) in [5.74, 6) is 0.297. The third-order valence-corrected chi connectivity index (χ3v) is 3.70. The first-order valence-electron chi connectivity index (χ1n) is 7.29. The second kappa shape index (κ2) is 7.26. The van der Waals surface area contributed by atoms with Crippen molar-refractivity contribution >= 4 is 11.9 Å². The smallest absolute Gasteiger partial charge is 0.341 e. The zero-order valence-corrected chi connectivity index (χ0v) is 12.6. The summed E-state index contributed by atoms with van der Waals surface area (Å²) in [4.78, 5) is 25.5. The van der Waals surface area contributed by atoms with Crippen molar-refractivity contribution in [2.45, 2.75) is 38.8 Å². The number of nitrogens with zero attached hydrogens (tertiary/aromatic N) is 1. The van der Waals surface area contributed by atoms with Crippen molar-refractivity contribution in [3.05, 3.63) is 23.7 Å². The Morgan fingerprint density at radius 1 is 1.38 bits per heavy atom. The summed E-state index contributed by atoms with van der Waals surface area (Å²) in [5.41, 5.74) is 0.379. The van der Waals surface area contributed by atoms with Gasteiger partial charge in [0.2, 0.25) is 5.91 Å². The highest BCUT2D eigenvalue weighted by Crippen LogP contribution is 2.11. The molecule has 116 valence electrons. The third-order valence-electron chi connectivity index (χ3n) is 3.70. The van der Waals surface area contributed by atoms with Gasteiger partial charge < -0.3 is 14.1 Å². The Labute approximate surface area is 124 Å². The van der Waals surface area contributed by atoms with Gasteiger partial charge in [-0.25, -0.2) is 4.79 Å². The number of amides is 1. The quantitative estimate of drug-likeness (QED) is 0.834. The number of carbonyl (C=O) groups excluding carboxylic acids is 2. The predicted octanol–water partition coefficient (Wildman–Crippen LogP) is 1.56. The Morgan fingerprint density at radius 3 is 2.76 bits per heavy atom. The molecule has 6 heteroatoms. The number of carbonyl (C=O) groups is 2. The van der Waals surface area contributed by atoms with Crippen LogP contribution in [0, 0.1) is 0 Å². The van der Waals surface area contributed by atoms with Crippen LogP contribution in [-0.4, -0.2) is 43.0 Å². The third kappa shape index (κ3) is 4.07. The van der Waals surface area contributed by atoms with Crippen LogP contribution in [-0.2, 0) is 16.1 Å². The Hall–Kier alpha value is -1.82. The van der Waals surface area contributed by atoms with E-state index in [1.165, 1.54) is 19.8 Å². The molecule has 0 spiro atoms. The Morgan fingerprint density at radius 2 is 2.10 bits per heavy atom. The molecule has 1 unspecified atom stereocenters. The van der Waals surface area contributed by atoms with E-state index in [1.54, 1.807) is 6.07 Å². The van der Waals surface area contributed by atoms with Crippen molar-refractivity contribution in [1.82, 2.24) is 10.2 Å². The molecule has 2 heterocycles. The molecule has 21 heavy (non-hydrogen) atoms. The molecule has 0 aromatic carbocycles. The molecular formula is C15H22N2O4. The van der Waals surface area contributed by atoms with E-state index in [1.807, 2.05) is 11.8 Å². The molecule has 0 aliphatic carbocycles. The summed E-state index contributed by atoms with van der Waals surface area (Å²) < 4.78 is 9.89. The standard InChI is InChI=1S/C15H22N2O4/c1-11(14(18)17-6-4-3-5-7-17)16-9-13-8-12(10-21-13)15(19)20-2/h8,10-11,16H,3-7,9H2,1-2H3. The lowest BCUT2D eigenvalue weighted by atomic mass is 10.1. The van der Waals surface area contributed by atoms with E-state index < -0.39 is 5.97 Å². The maximum absolute atomic E-state index is 12.2. The number of rotatable bonds is 5. The molecule has 1 aromatic rings. The zero-order valence-electron chi connectivity index (χ0n) is 12.6. The average Bonchev–Trinajstić information content (AvgIpc) is 3.01. The van der Waals surface area contributed by atoms with E-state index in [4.69, 9.17) is 4.42 Å². The molecule has 1 amide bonds. The van der Waals surface area contributed by atoms with Crippen LogP contribution >= 0.6 is 0 Å². The fraction of sp³-hybridized carbons (Fsp3) is 0.600. The summed E-state index contributed by atoms with van der Waals surface area (Å²) in [6, 6.07) is 1.35. The maximum atomic E-state index is 12.2. The Kier molecular flexibility index (Phi) is 5.38. The summed E-state index contributed by atoms with van der Waals surface area (Å²) in [6.07, 6.45) is 4.73. The minimum absolute atomic E-state index is 0.120. The number of hydrogen-bond acceptors (Lipinski definition) is 5. The lowest BCUT2D eigenvalue weighted by Crippen LogP contribution is -2.46. The van der Waals surface area contributed by atoms with Crippen molar-refractivity contribution < 1.29 is 18.7 Å². The molecule has 1 saturated heterocycles. The van der Waals surface area contributed by atoms with Crippen LogP contribution in [0.5, 0.6) is 0 Å². The highest BCUT2D eigenvalue weighted by Gasteiger charge is 2.22. The zero-order chi connectivity index (χ0) is 15.2.